The van der Waals surface area contributed by atoms with Crippen molar-refractivity contribution in [1.29, 1.82) is 0 Å². The number of nitrogens with zero attached hydrogens (tertiary/aromatic N) is 1. The number of nitrogens with two attached hydrogens (primary N) is 1. The lowest BCUT2D eigenvalue weighted by Crippen LogP contribution is -2.47. The highest BCUT2D eigenvalue weighted by molar-refractivity contribution is 5.88. The highest BCUT2D eigenvalue weighted by atomic mass is 16.3. The van der Waals surface area contributed by atoms with E-state index in [9.17, 15) is 14.7 Å². The minimum atomic E-state index is -0.636. The summed E-state index contributed by atoms with van der Waals surface area (Å²) in [7, 11) is 0. The number of aliphatic hydroxyl groups excluding tert-OH is 1. The van der Waals surface area contributed by atoms with Crippen molar-refractivity contribution in [2.24, 2.45) is 23.0 Å². The van der Waals surface area contributed by atoms with E-state index in [4.69, 9.17) is 5.73 Å². The SMILES string of the molecule is CC1CC(C(=O)N2CC(O)CC2C(N)=O)CCC1(C)C. The van der Waals surface area contributed by atoms with E-state index in [1.165, 1.54) is 4.90 Å². The molecule has 1 aliphatic heterocycles. The van der Waals surface area contributed by atoms with Gasteiger partial charge in [-0.05, 0) is 30.6 Å². The van der Waals surface area contributed by atoms with Crippen LogP contribution in [-0.2, 0) is 9.59 Å². The molecule has 0 aromatic carbocycles. The van der Waals surface area contributed by atoms with Gasteiger partial charge in [0.1, 0.15) is 6.04 Å². The molecule has 1 aliphatic carbocycles. The Balaban J connectivity index is 2.06. The fourth-order valence-corrected chi connectivity index (χ4v) is 3.44. The van der Waals surface area contributed by atoms with Crippen LogP contribution in [0.4, 0.5) is 0 Å². The molecule has 2 aliphatic rings. The molecule has 114 valence electrons. The van der Waals surface area contributed by atoms with Crippen LogP contribution < -0.4 is 5.73 Å². The molecule has 0 aromatic heterocycles. The van der Waals surface area contributed by atoms with Crippen molar-refractivity contribution in [2.75, 3.05) is 6.54 Å². The van der Waals surface area contributed by atoms with Gasteiger partial charge in [-0.25, -0.2) is 0 Å². The molecule has 0 aromatic rings. The van der Waals surface area contributed by atoms with Gasteiger partial charge in [0.2, 0.25) is 11.8 Å². The van der Waals surface area contributed by atoms with Crippen LogP contribution in [0, 0.1) is 17.3 Å². The Morgan fingerprint density at radius 3 is 2.50 bits per heavy atom. The van der Waals surface area contributed by atoms with Crippen molar-refractivity contribution < 1.29 is 14.7 Å². The average molecular weight is 282 g/mol. The van der Waals surface area contributed by atoms with Crippen LogP contribution in [0.3, 0.4) is 0 Å². The van der Waals surface area contributed by atoms with Crippen LogP contribution in [0.25, 0.3) is 0 Å². The lowest BCUT2D eigenvalue weighted by atomic mass is 9.66. The van der Waals surface area contributed by atoms with E-state index in [0.717, 1.165) is 19.3 Å². The monoisotopic (exact) mass is 282 g/mol. The van der Waals surface area contributed by atoms with Gasteiger partial charge in [-0.3, -0.25) is 9.59 Å². The normalized spacial score (nSPS) is 36.9. The Bertz CT molecular complexity index is 408. The van der Waals surface area contributed by atoms with Crippen molar-refractivity contribution in [3.05, 3.63) is 0 Å². The fraction of sp³-hybridized carbons (Fsp3) is 0.867. The summed E-state index contributed by atoms with van der Waals surface area (Å²) in [5, 5.41) is 9.70. The molecule has 1 saturated carbocycles. The second kappa shape index (κ2) is 5.35. The van der Waals surface area contributed by atoms with E-state index in [0.29, 0.717) is 5.92 Å². The molecule has 0 bridgehead atoms. The molecule has 20 heavy (non-hydrogen) atoms. The highest BCUT2D eigenvalue weighted by Gasteiger charge is 2.43. The number of hydrogen-bond donors (Lipinski definition) is 2. The van der Waals surface area contributed by atoms with Gasteiger partial charge in [0.05, 0.1) is 6.10 Å². The molecule has 0 radical (unpaired) electrons. The predicted octanol–water partition coefficient (Wildman–Crippen LogP) is 0.896. The standard InChI is InChI=1S/C15H26N2O3/c1-9-6-10(4-5-15(9,2)3)14(20)17-8-11(18)7-12(17)13(16)19/h9-12,18H,4-8H2,1-3H3,(H2,16,19). The first-order valence-corrected chi connectivity index (χ1v) is 7.50. The summed E-state index contributed by atoms with van der Waals surface area (Å²) in [6.45, 7) is 6.90. The average Bonchev–Trinajstić information content (AvgIpc) is 2.74. The van der Waals surface area contributed by atoms with Crippen molar-refractivity contribution in [2.45, 2.75) is 58.6 Å². The maximum absolute atomic E-state index is 12.6. The number of aliphatic hydroxyl groups is 1. The lowest BCUT2D eigenvalue weighted by Gasteiger charge is -2.41. The van der Waals surface area contributed by atoms with E-state index < -0.39 is 18.1 Å². The molecule has 5 heteroatoms. The first-order valence-electron chi connectivity index (χ1n) is 7.50. The summed E-state index contributed by atoms with van der Waals surface area (Å²) >= 11 is 0. The molecule has 2 fully saturated rings. The predicted molar refractivity (Wildman–Crippen MR) is 75.6 cm³/mol. The zero-order valence-electron chi connectivity index (χ0n) is 12.6. The van der Waals surface area contributed by atoms with Crippen molar-refractivity contribution in [3.63, 3.8) is 0 Å². The third-order valence-electron chi connectivity index (χ3n) is 5.35. The van der Waals surface area contributed by atoms with Crippen LogP contribution in [0.5, 0.6) is 0 Å². The highest BCUT2D eigenvalue weighted by Crippen LogP contribution is 2.43. The fourth-order valence-electron chi connectivity index (χ4n) is 3.44. The summed E-state index contributed by atoms with van der Waals surface area (Å²) < 4.78 is 0. The maximum atomic E-state index is 12.6. The molecule has 4 unspecified atom stereocenters. The smallest absolute Gasteiger partial charge is 0.240 e. The maximum Gasteiger partial charge on any atom is 0.240 e. The Kier molecular flexibility index (Phi) is 4.09. The molecule has 1 heterocycles. The summed E-state index contributed by atoms with van der Waals surface area (Å²) in [6.07, 6.45) is 2.36. The van der Waals surface area contributed by atoms with Gasteiger partial charge in [-0.1, -0.05) is 20.8 Å². The van der Waals surface area contributed by atoms with Gasteiger partial charge in [-0.15, -0.1) is 0 Å². The van der Waals surface area contributed by atoms with Gasteiger partial charge in [-0.2, -0.15) is 0 Å². The van der Waals surface area contributed by atoms with Crippen molar-refractivity contribution >= 4 is 11.8 Å². The van der Waals surface area contributed by atoms with E-state index in [1.807, 2.05) is 0 Å². The molecule has 3 N–H and O–H groups in total. The van der Waals surface area contributed by atoms with Crippen LogP contribution in [0.15, 0.2) is 0 Å². The van der Waals surface area contributed by atoms with Gasteiger partial charge in [0.25, 0.3) is 0 Å². The first kappa shape index (κ1) is 15.3. The Morgan fingerprint density at radius 2 is 1.95 bits per heavy atom. The molecule has 0 spiro atoms. The quantitative estimate of drug-likeness (QED) is 0.789. The van der Waals surface area contributed by atoms with E-state index in [-0.39, 0.29) is 30.2 Å². The third-order valence-corrected chi connectivity index (χ3v) is 5.35. The summed E-state index contributed by atoms with van der Waals surface area (Å²) in [5.74, 6) is -0.0817. The molecule has 2 amide bonds. The Hall–Kier alpha value is -1.10. The van der Waals surface area contributed by atoms with Gasteiger partial charge in [0.15, 0.2) is 0 Å². The van der Waals surface area contributed by atoms with Crippen molar-refractivity contribution in [1.82, 2.24) is 4.90 Å². The van der Waals surface area contributed by atoms with Gasteiger partial charge in [0, 0.05) is 18.9 Å². The molecular weight excluding hydrogens is 256 g/mol. The summed E-state index contributed by atoms with van der Waals surface area (Å²) in [5.41, 5.74) is 5.61. The molecule has 1 saturated heterocycles. The minimum absolute atomic E-state index is 0.00676. The van der Waals surface area contributed by atoms with Gasteiger partial charge < -0.3 is 15.7 Å². The Labute approximate surface area is 120 Å². The number of hydrogen-bond acceptors (Lipinski definition) is 3. The number of amides is 2. The molecular formula is C15H26N2O3. The minimum Gasteiger partial charge on any atom is -0.391 e. The molecule has 4 atom stereocenters. The topological polar surface area (TPSA) is 83.6 Å². The number of carbonyl (C=O) groups excluding carboxylic acids is 2. The van der Waals surface area contributed by atoms with Crippen LogP contribution in [0.2, 0.25) is 0 Å². The van der Waals surface area contributed by atoms with E-state index >= 15 is 0 Å². The second-order valence-electron chi connectivity index (χ2n) is 7.16. The number of primary amides is 1. The first-order chi connectivity index (χ1) is 9.22. The number of rotatable bonds is 2. The second-order valence-corrected chi connectivity index (χ2v) is 7.16. The number of carbonyl (C=O) groups is 2. The number of β-amino-alcohol motifs (C(OH)–C–C–N with tert-alkyl or cyclic N) is 1. The van der Waals surface area contributed by atoms with Crippen LogP contribution in [-0.4, -0.2) is 40.5 Å². The van der Waals surface area contributed by atoms with Crippen LogP contribution >= 0.6 is 0 Å². The zero-order valence-corrected chi connectivity index (χ0v) is 12.6. The van der Waals surface area contributed by atoms with Crippen molar-refractivity contribution in [3.8, 4) is 0 Å². The van der Waals surface area contributed by atoms with Gasteiger partial charge >= 0.3 is 0 Å². The lowest BCUT2D eigenvalue weighted by molar-refractivity contribution is -0.143. The largest absolute Gasteiger partial charge is 0.391 e. The van der Waals surface area contributed by atoms with E-state index in [1.54, 1.807) is 0 Å². The Morgan fingerprint density at radius 1 is 1.30 bits per heavy atom. The zero-order chi connectivity index (χ0) is 15.1. The van der Waals surface area contributed by atoms with Crippen LogP contribution in [0.1, 0.15) is 46.5 Å². The molecule has 2 rings (SSSR count). The molecule has 5 nitrogen and oxygen atoms in total. The van der Waals surface area contributed by atoms with E-state index in [2.05, 4.69) is 20.8 Å². The number of likely N-dealkylation sites (tertiary alicyclic amines) is 1. The third kappa shape index (κ3) is 2.82. The summed E-state index contributed by atoms with van der Waals surface area (Å²) in [6, 6.07) is -0.636. The summed E-state index contributed by atoms with van der Waals surface area (Å²) in [4.78, 5) is 25.6.